The molecule has 0 aliphatic heterocycles. The average Bonchev–Trinajstić information content (AvgIpc) is 2.63. The number of ether oxygens (including phenoxy) is 1. The average molecular weight is 342 g/mol. The number of esters is 1. The largest absolute Gasteiger partial charge is 0.466 e. The van der Waals surface area contributed by atoms with E-state index in [9.17, 15) is 9.59 Å². The van der Waals surface area contributed by atoms with Crippen LogP contribution in [0.1, 0.15) is 42.1 Å². The molecule has 0 fully saturated rings. The Bertz CT molecular complexity index is 650. The number of thioether (sulfide) groups is 1. The Morgan fingerprint density at radius 1 is 0.958 bits per heavy atom. The summed E-state index contributed by atoms with van der Waals surface area (Å²) in [5.41, 5.74) is 1.36. The third-order valence-electron chi connectivity index (χ3n) is 3.49. The predicted molar refractivity (Wildman–Crippen MR) is 97.5 cm³/mol. The summed E-state index contributed by atoms with van der Waals surface area (Å²) in [6, 6.07) is 16.7. The molecule has 0 heterocycles. The Hall–Kier alpha value is -2.07. The summed E-state index contributed by atoms with van der Waals surface area (Å²) < 4.78 is 5.12. The molecule has 0 saturated heterocycles. The lowest BCUT2D eigenvalue weighted by Crippen LogP contribution is -2.06. The van der Waals surface area contributed by atoms with E-state index in [0.29, 0.717) is 29.9 Å². The highest BCUT2D eigenvalue weighted by atomic mass is 32.2. The first-order valence-electron chi connectivity index (χ1n) is 8.19. The first-order valence-corrected chi connectivity index (χ1v) is 9.17. The first-order chi connectivity index (χ1) is 11.7. The van der Waals surface area contributed by atoms with E-state index in [2.05, 4.69) is 6.92 Å². The minimum absolute atomic E-state index is 0.0200. The van der Waals surface area contributed by atoms with Gasteiger partial charge in [-0.2, -0.15) is 0 Å². The fourth-order valence-corrected chi connectivity index (χ4v) is 2.95. The number of carbonyl (C=O) groups is 2. The molecule has 0 amide bonds. The molecule has 2 rings (SSSR count). The molecule has 4 heteroatoms. The van der Waals surface area contributed by atoms with Crippen molar-refractivity contribution in [2.75, 3.05) is 12.4 Å². The van der Waals surface area contributed by atoms with Crippen LogP contribution in [-0.4, -0.2) is 24.1 Å². The SMILES string of the molecule is CCCCOC(=O)CCSc1ccc(C(=O)c2ccccc2)cc1. The third-order valence-corrected chi connectivity index (χ3v) is 4.50. The van der Waals surface area contributed by atoms with E-state index in [0.717, 1.165) is 17.7 Å². The topological polar surface area (TPSA) is 43.4 Å². The molecule has 126 valence electrons. The minimum Gasteiger partial charge on any atom is -0.466 e. The van der Waals surface area contributed by atoms with Gasteiger partial charge in [-0.3, -0.25) is 9.59 Å². The van der Waals surface area contributed by atoms with Gasteiger partial charge in [0.15, 0.2) is 5.78 Å². The van der Waals surface area contributed by atoms with Gasteiger partial charge in [-0.05, 0) is 30.7 Å². The van der Waals surface area contributed by atoms with Gasteiger partial charge in [0.1, 0.15) is 0 Å². The van der Waals surface area contributed by atoms with E-state index in [4.69, 9.17) is 4.74 Å². The normalized spacial score (nSPS) is 10.4. The molecule has 0 unspecified atom stereocenters. The smallest absolute Gasteiger partial charge is 0.306 e. The summed E-state index contributed by atoms with van der Waals surface area (Å²) in [5.74, 6) is 0.551. The summed E-state index contributed by atoms with van der Waals surface area (Å²) in [7, 11) is 0. The Labute approximate surface area is 147 Å². The van der Waals surface area contributed by atoms with Gasteiger partial charge in [0.05, 0.1) is 13.0 Å². The molecule has 0 spiro atoms. The molecule has 2 aromatic rings. The van der Waals surface area contributed by atoms with Gasteiger partial charge in [0, 0.05) is 21.8 Å². The second-order valence-corrected chi connectivity index (χ2v) is 6.56. The lowest BCUT2D eigenvalue weighted by atomic mass is 10.0. The Morgan fingerprint density at radius 2 is 1.62 bits per heavy atom. The van der Waals surface area contributed by atoms with Crippen molar-refractivity contribution in [2.45, 2.75) is 31.1 Å². The molecular formula is C20H22O3S. The van der Waals surface area contributed by atoms with Crippen LogP contribution in [0.25, 0.3) is 0 Å². The number of hydrogen-bond acceptors (Lipinski definition) is 4. The molecule has 0 aromatic heterocycles. The quantitative estimate of drug-likeness (QED) is 0.286. The molecule has 0 bridgehead atoms. The van der Waals surface area contributed by atoms with E-state index in [1.807, 2.05) is 54.6 Å². The summed E-state index contributed by atoms with van der Waals surface area (Å²) >= 11 is 1.59. The highest BCUT2D eigenvalue weighted by molar-refractivity contribution is 7.99. The van der Waals surface area contributed by atoms with Crippen LogP contribution < -0.4 is 0 Å². The number of rotatable bonds is 9. The Morgan fingerprint density at radius 3 is 2.29 bits per heavy atom. The van der Waals surface area contributed by atoms with Crippen molar-refractivity contribution >= 4 is 23.5 Å². The van der Waals surface area contributed by atoms with Crippen LogP contribution in [0.4, 0.5) is 0 Å². The van der Waals surface area contributed by atoms with Crippen LogP contribution in [-0.2, 0) is 9.53 Å². The molecule has 0 aliphatic rings. The summed E-state index contributed by atoms with van der Waals surface area (Å²) in [4.78, 5) is 24.9. The Kier molecular flexibility index (Phi) is 7.56. The molecule has 0 radical (unpaired) electrons. The van der Waals surface area contributed by atoms with Crippen LogP contribution in [0.2, 0.25) is 0 Å². The van der Waals surface area contributed by atoms with Crippen LogP contribution in [0.5, 0.6) is 0 Å². The molecule has 0 atom stereocenters. The number of hydrogen-bond donors (Lipinski definition) is 0. The zero-order valence-electron chi connectivity index (χ0n) is 13.9. The molecule has 0 aliphatic carbocycles. The van der Waals surface area contributed by atoms with Crippen LogP contribution in [0.15, 0.2) is 59.5 Å². The third kappa shape index (κ3) is 5.85. The van der Waals surface area contributed by atoms with Gasteiger partial charge in [0.25, 0.3) is 0 Å². The molecule has 3 nitrogen and oxygen atoms in total. The van der Waals surface area contributed by atoms with Gasteiger partial charge in [-0.15, -0.1) is 11.8 Å². The number of carbonyl (C=O) groups excluding carboxylic acids is 2. The second-order valence-electron chi connectivity index (χ2n) is 5.39. The monoisotopic (exact) mass is 342 g/mol. The van der Waals surface area contributed by atoms with E-state index in [1.165, 1.54) is 0 Å². The zero-order valence-corrected chi connectivity index (χ0v) is 14.7. The maximum absolute atomic E-state index is 12.3. The van der Waals surface area contributed by atoms with E-state index < -0.39 is 0 Å². The van der Waals surface area contributed by atoms with Crippen LogP contribution in [0.3, 0.4) is 0 Å². The standard InChI is InChI=1S/C20H22O3S/c1-2-3-14-23-19(21)13-15-24-18-11-9-17(10-12-18)20(22)16-7-5-4-6-8-16/h4-12H,2-3,13-15H2,1H3. The number of benzene rings is 2. The van der Waals surface area contributed by atoms with Crippen LogP contribution in [0, 0.1) is 0 Å². The van der Waals surface area contributed by atoms with E-state index >= 15 is 0 Å². The number of unbranched alkanes of at least 4 members (excludes halogenated alkanes) is 1. The Balaban J connectivity index is 1.80. The van der Waals surface area contributed by atoms with Gasteiger partial charge in [0.2, 0.25) is 0 Å². The number of ketones is 1. The van der Waals surface area contributed by atoms with Gasteiger partial charge in [-0.25, -0.2) is 0 Å². The maximum atomic E-state index is 12.3. The fraction of sp³-hybridized carbons (Fsp3) is 0.300. The lowest BCUT2D eigenvalue weighted by molar-refractivity contribution is -0.143. The predicted octanol–water partition coefficient (Wildman–Crippen LogP) is 4.74. The summed E-state index contributed by atoms with van der Waals surface area (Å²) in [6.45, 7) is 2.58. The second kappa shape index (κ2) is 9.93. The minimum atomic E-state index is -0.146. The first kappa shape index (κ1) is 18.3. The van der Waals surface area contributed by atoms with Crippen LogP contribution >= 0.6 is 11.8 Å². The van der Waals surface area contributed by atoms with Gasteiger partial charge < -0.3 is 4.74 Å². The molecule has 0 N–H and O–H groups in total. The van der Waals surface area contributed by atoms with Crippen molar-refractivity contribution in [2.24, 2.45) is 0 Å². The maximum Gasteiger partial charge on any atom is 0.306 e. The lowest BCUT2D eigenvalue weighted by Gasteiger charge is -2.05. The highest BCUT2D eigenvalue weighted by Crippen LogP contribution is 2.20. The van der Waals surface area contributed by atoms with Crippen molar-refractivity contribution in [3.63, 3.8) is 0 Å². The molecule has 24 heavy (non-hydrogen) atoms. The summed E-state index contributed by atoms with van der Waals surface area (Å²) in [5, 5.41) is 0. The van der Waals surface area contributed by atoms with E-state index in [-0.39, 0.29) is 11.8 Å². The molecular weight excluding hydrogens is 320 g/mol. The van der Waals surface area contributed by atoms with Gasteiger partial charge >= 0.3 is 5.97 Å². The van der Waals surface area contributed by atoms with Crippen molar-refractivity contribution in [1.82, 2.24) is 0 Å². The van der Waals surface area contributed by atoms with Crippen molar-refractivity contribution < 1.29 is 14.3 Å². The highest BCUT2D eigenvalue weighted by Gasteiger charge is 2.08. The molecule has 2 aromatic carbocycles. The van der Waals surface area contributed by atoms with Crippen molar-refractivity contribution in [3.8, 4) is 0 Å². The van der Waals surface area contributed by atoms with E-state index in [1.54, 1.807) is 11.8 Å². The van der Waals surface area contributed by atoms with Crippen molar-refractivity contribution in [3.05, 3.63) is 65.7 Å². The zero-order chi connectivity index (χ0) is 17.2. The molecule has 0 saturated carbocycles. The summed E-state index contributed by atoms with van der Waals surface area (Å²) in [6.07, 6.45) is 2.34. The fourth-order valence-electron chi connectivity index (χ4n) is 2.11. The van der Waals surface area contributed by atoms with Crippen molar-refractivity contribution in [1.29, 1.82) is 0 Å². The van der Waals surface area contributed by atoms with Gasteiger partial charge in [-0.1, -0.05) is 43.7 Å².